The number of anilines is 1. The van der Waals surface area contributed by atoms with Crippen molar-refractivity contribution in [3.8, 4) is 22.6 Å². The molecule has 9 heteroatoms. The number of para-hydroxylation sites is 1. The third-order valence-corrected chi connectivity index (χ3v) is 5.18. The van der Waals surface area contributed by atoms with Crippen LogP contribution < -0.4 is 14.8 Å². The Bertz CT molecular complexity index is 1300. The van der Waals surface area contributed by atoms with Crippen LogP contribution in [-0.2, 0) is 0 Å². The first kappa shape index (κ1) is 20.6. The fourth-order valence-electron chi connectivity index (χ4n) is 3.45. The van der Waals surface area contributed by atoms with Gasteiger partial charge in [-0.25, -0.2) is 4.52 Å². The highest BCUT2D eigenvalue weighted by Crippen LogP contribution is 2.34. The van der Waals surface area contributed by atoms with Gasteiger partial charge in [0, 0.05) is 10.6 Å². The highest BCUT2D eigenvalue weighted by molar-refractivity contribution is 6.31. The number of benzene rings is 2. The highest BCUT2D eigenvalue weighted by atomic mass is 35.5. The van der Waals surface area contributed by atoms with Gasteiger partial charge in [0.05, 0.1) is 36.9 Å². The van der Waals surface area contributed by atoms with E-state index in [0.717, 1.165) is 16.8 Å². The number of amides is 1. The van der Waals surface area contributed by atoms with Crippen LogP contribution in [0.2, 0.25) is 5.02 Å². The monoisotopic (exact) mass is 437 g/mol. The van der Waals surface area contributed by atoms with Crippen molar-refractivity contribution < 1.29 is 14.3 Å². The largest absolute Gasteiger partial charge is 0.496 e. The quantitative estimate of drug-likeness (QED) is 0.499. The number of nitrogens with one attached hydrogen (secondary N) is 1. The van der Waals surface area contributed by atoms with Gasteiger partial charge in [-0.15, -0.1) is 10.2 Å². The Balaban J connectivity index is 1.78. The van der Waals surface area contributed by atoms with E-state index in [1.54, 1.807) is 36.7 Å². The molecule has 8 nitrogen and oxygen atoms in total. The minimum Gasteiger partial charge on any atom is -0.496 e. The molecule has 1 amide bonds. The van der Waals surface area contributed by atoms with Crippen molar-refractivity contribution in [1.29, 1.82) is 0 Å². The molecule has 0 unspecified atom stereocenters. The summed E-state index contributed by atoms with van der Waals surface area (Å²) in [6.45, 7) is 3.65. The summed E-state index contributed by atoms with van der Waals surface area (Å²) in [6, 6.07) is 12.6. The van der Waals surface area contributed by atoms with Crippen LogP contribution in [0.3, 0.4) is 0 Å². The summed E-state index contributed by atoms with van der Waals surface area (Å²) in [6.07, 6.45) is 0. The number of hydrogen-bond donors (Lipinski definition) is 1. The molecule has 0 saturated carbocycles. The Morgan fingerprint density at radius 3 is 2.52 bits per heavy atom. The number of halogens is 1. The molecule has 4 rings (SSSR count). The Labute approximate surface area is 183 Å². The molecule has 0 saturated heterocycles. The minimum absolute atomic E-state index is 0.142. The summed E-state index contributed by atoms with van der Waals surface area (Å²) in [5, 5.41) is 16.4. The molecule has 0 bridgehead atoms. The SMILES string of the molecule is COc1ccc(Cl)cc1NC(=O)c1nnc2c(-c3ccccc3OC)c(C)nn2c1C. The predicted molar refractivity (Wildman–Crippen MR) is 118 cm³/mol. The van der Waals surface area contributed by atoms with Crippen LogP contribution in [0, 0.1) is 13.8 Å². The van der Waals surface area contributed by atoms with Crippen molar-refractivity contribution in [3.05, 3.63) is 64.6 Å². The van der Waals surface area contributed by atoms with Crippen molar-refractivity contribution in [2.24, 2.45) is 0 Å². The molecule has 4 aromatic rings. The van der Waals surface area contributed by atoms with E-state index in [0.29, 0.717) is 33.6 Å². The molecule has 1 N–H and O–H groups in total. The van der Waals surface area contributed by atoms with E-state index in [9.17, 15) is 4.79 Å². The number of ether oxygens (including phenoxy) is 2. The van der Waals surface area contributed by atoms with Crippen molar-refractivity contribution in [1.82, 2.24) is 19.8 Å². The van der Waals surface area contributed by atoms with Gasteiger partial charge in [0.1, 0.15) is 11.5 Å². The first-order chi connectivity index (χ1) is 14.9. The van der Waals surface area contributed by atoms with E-state index in [2.05, 4.69) is 20.6 Å². The zero-order valence-corrected chi connectivity index (χ0v) is 18.2. The Kier molecular flexibility index (Phi) is 5.48. The molecular weight excluding hydrogens is 418 g/mol. The second-order valence-corrected chi connectivity index (χ2v) is 7.27. The first-order valence-electron chi connectivity index (χ1n) is 9.45. The molecule has 2 heterocycles. The second-order valence-electron chi connectivity index (χ2n) is 6.83. The highest BCUT2D eigenvalue weighted by Gasteiger charge is 2.22. The van der Waals surface area contributed by atoms with Crippen LogP contribution >= 0.6 is 11.6 Å². The van der Waals surface area contributed by atoms with Crippen molar-refractivity contribution in [2.45, 2.75) is 13.8 Å². The maximum absolute atomic E-state index is 12.9. The van der Waals surface area contributed by atoms with Crippen LogP contribution in [-0.4, -0.2) is 39.9 Å². The molecule has 31 heavy (non-hydrogen) atoms. The first-order valence-corrected chi connectivity index (χ1v) is 9.83. The zero-order chi connectivity index (χ0) is 22.1. The van der Waals surface area contributed by atoms with E-state index >= 15 is 0 Å². The number of aromatic nitrogens is 4. The summed E-state index contributed by atoms with van der Waals surface area (Å²) in [5.74, 6) is 0.743. The lowest BCUT2D eigenvalue weighted by Gasteiger charge is -2.11. The Hall–Kier alpha value is -3.65. The Morgan fingerprint density at radius 2 is 1.77 bits per heavy atom. The fraction of sp³-hybridized carbons (Fsp3) is 0.182. The predicted octanol–water partition coefficient (Wildman–Crippen LogP) is 4.33. The lowest BCUT2D eigenvalue weighted by Crippen LogP contribution is -2.19. The molecule has 2 aromatic carbocycles. The topological polar surface area (TPSA) is 90.6 Å². The number of carbonyl (C=O) groups excluding carboxylic acids is 1. The number of rotatable bonds is 5. The number of methoxy groups -OCH3 is 2. The molecule has 0 fully saturated rings. The lowest BCUT2D eigenvalue weighted by molar-refractivity contribution is 0.101. The van der Waals surface area contributed by atoms with E-state index in [1.807, 2.05) is 31.2 Å². The second kappa shape index (κ2) is 8.23. The summed E-state index contributed by atoms with van der Waals surface area (Å²) in [7, 11) is 3.13. The van der Waals surface area contributed by atoms with Gasteiger partial charge in [0.2, 0.25) is 0 Å². The van der Waals surface area contributed by atoms with Gasteiger partial charge in [0.25, 0.3) is 5.91 Å². The zero-order valence-electron chi connectivity index (χ0n) is 17.4. The van der Waals surface area contributed by atoms with Gasteiger partial charge in [-0.2, -0.15) is 5.10 Å². The molecule has 0 spiro atoms. The van der Waals surface area contributed by atoms with Crippen LogP contribution in [0.25, 0.3) is 16.8 Å². The van der Waals surface area contributed by atoms with E-state index < -0.39 is 5.91 Å². The number of hydrogen-bond acceptors (Lipinski definition) is 6. The maximum atomic E-state index is 12.9. The number of nitrogens with zero attached hydrogens (tertiary/aromatic N) is 4. The lowest BCUT2D eigenvalue weighted by atomic mass is 10.1. The van der Waals surface area contributed by atoms with Gasteiger partial charge in [-0.05, 0) is 38.1 Å². The average Bonchev–Trinajstić information content (AvgIpc) is 3.10. The average molecular weight is 438 g/mol. The van der Waals surface area contributed by atoms with E-state index in [-0.39, 0.29) is 5.69 Å². The fourth-order valence-corrected chi connectivity index (χ4v) is 3.62. The van der Waals surface area contributed by atoms with Crippen LogP contribution in [0.1, 0.15) is 21.9 Å². The minimum atomic E-state index is -0.445. The van der Waals surface area contributed by atoms with Crippen molar-refractivity contribution >= 4 is 28.8 Å². The van der Waals surface area contributed by atoms with Crippen LogP contribution in [0.5, 0.6) is 11.5 Å². The van der Waals surface area contributed by atoms with Crippen molar-refractivity contribution in [3.63, 3.8) is 0 Å². The molecule has 0 radical (unpaired) electrons. The van der Waals surface area contributed by atoms with Crippen LogP contribution in [0.4, 0.5) is 5.69 Å². The molecule has 0 aliphatic heterocycles. The van der Waals surface area contributed by atoms with Gasteiger partial charge in [0.15, 0.2) is 11.3 Å². The Morgan fingerprint density at radius 1 is 1.03 bits per heavy atom. The standard InChI is InChI=1S/C22H20ClN5O3/c1-12-19(15-7-5-6-8-17(15)30-3)21-26-25-20(13(2)28(21)27-12)22(29)24-16-11-14(23)9-10-18(16)31-4/h5-11H,1-4H3,(H,24,29). The molecule has 2 aromatic heterocycles. The van der Waals surface area contributed by atoms with E-state index in [1.165, 1.54) is 7.11 Å². The van der Waals surface area contributed by atoms with Crippen molar-refractivity contribution in [2.75, 3.05) is 19.5 Å². The number of carbonyl (C=O) groups is 1. The van der Waals surface area contributed by atoms with Gasteiger partial charge in [-0.3, -0.25) is 4.79 Å². The smallest absolute Gasteiger partial charge is 0.278 e. The summed E-state index contributed by atoms with van der Waals surface area (Å²) < 4.78 is 12.4. The normalized spacial score (nSPS) is 10.9. The van der Waals surface area contributed by atoms with Gasteiger partial charge in [-0.1, -0.05) is 29.8 Å². The molecular formula is C22H20ClN5O3. The third-order valence-electron chi connectivity index (χ3n) is 4.94. The summed E-state index contributed by atoms with van der Waals surface area (Å²) in [5.41, 5.74) is 4.07. The number of fused-ring (bicyclic) bond motifs is 1. The van der Waals surface area contributed by atoms with Gasteiger partial charge < -0.3 is 14.8 Å². The number of aryl methyl sites for hydroxylation is 2. The summed E-state index contributed by atoms with van der Waals surface area (Å²) in [4.78, 5) is 12.9. The van der Waals surface area contributed by atoms with E-state index in [4.69, 9.17) is 21.1 Å². The van der Waals surface area contributed by atoms with Gasteiger partial charge >= 0.3 is 0 Å². The molecule has 0 aliphatic rings. The summed E-state index contributed by atoms with van der Waals surface area (Å²) >= 11 is 6.06. The van der Waals surface area contributed by atoms with Crippen LogP contribution in [0.15, 0.2) is 42.5 Å². The molecule has 0 atom stereocenters. The molecule has 0 aliphatic carbocycles. The maximum Gasteiger partial charge on any atom is 0.278 e. The third kappa shape index (κ3) is 3.66. The molecule has 158 valence electrons.